The van der Waals surface area contributed by atoms with Gasteiger partial charge in [-0.2, -0.15) is 10.6 Å². The summed E-state index contributed by atoms with van der Waals surface area (Å²) < 4.78 is 148. The number of ether oxygens (including phenoxy) is 12. The molecule has 5 aromatic heterocycles. The van der Waals surface area contributed by atoms with Crippen molar-refractivity contribution in [3.63, 3.8) is 0 Å². The molecule has 6 aromatic rings. The topological polar surface area (TPSA) is 649 Å². The summed E-state index contributed by atoms with van der Waals surface area (Å²) in [7, 11) is -7.51. The third kappa shape index (κ3) is 22.7. The number of aromatic nitrogens is 10. The number of hydrogen-bond donors (Lipinski definition) is 13. The molecule has 8 fully saturated rings. The van der Waals surface area contributed by atoms with E-state index in [1.165, 1.54) is 76.5 Å². The van der Waals surface area contributed by atoms with Gasteiger partial charge in [-0.05, 0) is 126 Å². The van der Waals surface area contributed by atoms with Crippen LogP contribution >= 0.6 is 19.5 Å². The van der Waals surface area contributed by atoms with Crippen LogP contribution in [-0.2, 0) is 75.5 Å². The minimum absolute atomic E-state index is 0. The van der Waals surface area contributed by atoms with E-state index in [9.17, 15) is 87.6 Å². The van der Waals surface area contributed by atoms with E-state index in [2.05, 4.69) is 46.9 Å². The maximum absolute atomic E-state index is 13.7. The van der Waals surface area contributed by atoms with Gasteiger partial charge >= 0.3 is 71.7 Å². The summed E-state index contributed by atoms with van der Waals surface area (Å²) in [6.45, 7) is 18.8. The van der Waals surface area contributed by atoms with E-state index in [-0.39, 0.29) is 48.8 Å². The number of esters is 1. The number of nitrogens with zero attached hydrogens (tertiary/aromatic N) is 8. The Balaban J connectivity index is 0.000000220. The Kier molecular flexibility index (Phi) is 29.6. The fourth-order valence-electron chi connectivity index (χ4n) is 14.5. The van der Waals surface area contributed by atoms with Gasteiger partial charge in [0.2, 0.25) is 0 Å². The number of aromatic amines is 5. The van der Waals surface area contributed by atoms with Crippen LogP contribution in [0.4, 0.5) is 0 Å². The van der Waals surface area contributed by atoms with Crippen molar-refractivity contribution in [2.24, 2.45) is 15.1 Å². The van der Waals surface area contributed by atoms with Gasteiger partial charge in [0.1, 0.15) is 94.7 Å². The van der Waals surface area contributed by atoms with Crippen molar-refractivity contribution in [2.75, 3.05) is 19.8 Å². The van der Waals surface area contributed by atoms with Crippen LogP contribution in [0.2, 0.25) is 0 Å². The minimum atomic E-state index is -4.51. The molecule has 674 valence electrons. The van der Waals surface area contributed by atoms with E-state index in [1.54, 1.807) is 94.4 Å². The molecular weight excluding hydrogens is 1690 g/mol. The van der Waals surface area contributed by atoms with Gasteiger partial charge in [-0.3, -0.25) is 81.0 Å². The third-order valence-corrected chi connectivity index (χ3v) is 21.1. The standard InChI is InChI=1S/C22H30N3O10P.C13H18N2O6.C13H16N2O6.C13H18N2O5.C10H14N2O6.BH4.ClHN4.Na/c1-13(2)33-19(28)14(3)24-36(31,35-15-8-6-5-7-9-15)32-12-16-18(27)22(4,30)20(34-16)25-11-10-17(26)23-21(25)29;2*1-12(2)20-9-7(6-16)19-10(13(9,3)21-12)15-5-4-8(17)14-11(15)18;1-7-9-13(4,20-12(2,3)19-9)10(18-7)15-6-5-8(16)14-11(15)17;1-10(17)7(15)5(4-13)18-8(10)12-3-2-6(14)11-9(12)16;;1-3-5-4-2;/h5-11,13-14,16,18,20,27,30H,12H2,1-4H3,(H,24,31)(H,23,26,29);4-5,7,9-10,16H,6H2,1-3H3,(H,14,17,18);4-7,9-10H,1-3H3,(H,14,17,18);5-7,9-10H,1-4H3,(H,14,16,17);2-3,5,7-8,13,15,17H,4H2,1H3,(H,11,14,16);1H4;2H;/q;;;;;-1;;+1/t14-,16+,18+,20+,22+,36-;3*7-,9-,10-,13-;5-,7-,8-,10-;;;/m01111.../s1/i12D;;;1D;4D;1D4;;/t12?,14-,16+,18+,20+,22+,36-;;;m;4?,5-,7-,8-,10-;;;. The van der Waals surface area contributed by atoms with Gasteiger partial charge in [-0.15, -0.1) is 0 Å². The van der Waals surface area contributed by atoms with Crippen LogP contribution in [0.5, 0.6) is 5.75 Å². The molecule has 0 saturated carbocycles. The SMILES string of the molecule is CC1(C)O[C@@H]2[C@@H](C=O)O[C@@H](n3ccc(=O)[nH]c3=O)[C@]2(C)O1.CC1(C)O[C@@H]2[C@@H](CO)O[C@@H](n3ccc(=O)[nH]c3=O)[C@]2(C)O1.N=NN=NCl.[2H]C(O)[C@H]1O[C@@H](n2ccc(=O)[nH]c2=O)[C@](C)(O)[C@@H]1O.[2H]C(O[P@@](=O)(N[C@@H](C)C(=O)OC(C)C)Oc1ccccc1)[C@H]1O[C@@H](n2ccc(=O)[nH]c2=O)[C@](C)(O)[C@@H]1O.[2H]C[C@H]1O[C@@H](n2ccc(=O)[nH]c2=O)[C@]2(C)OC(C)(C)O[C@H]12.[2H][B-]([2H])([2H])[2H].[Na+]. The molecule has 0 spiro atoms. The van der Waals surface area contributed by atoms with Crippen molar-refractivity contribution in [1.82, 2.24) is 52.8 Å². The largest absolute Gasteiger partial charge is 1.00 e. The number of halogens is 1. The fraction of sp³-hybridized carbons (Fsp3) is 0.606. The Bertz CT molecular complexity index is 5530. The van der Waals surface area contributed by atoms with E-state index >= 15 is 0 Å². The number of aldehydes is 1. The normalized spacial score (nSPS) is 33.8. The van der Waals surface area contributed by atoms with Crippen LogP contribution in [0.1, 0.15) is 139 Å². The van der Waals surface area contributed by atoms with Gasteiger partial charge in [0.05, 0.1) is 46.5 Å². The van der Waals surface area contributed by atoms with Crippen LogP contribution in [0.25, 0.3) is 0 Å². The second kappa shape index (κ2) is 40.1. The summed E-state index contributed by atoms with van der Waals surface area (Å²) in [6.07, 6.45) is -8.81. The first kappa shape index (κ1) is 90.8. The molecule has 1 aromatic carbocycles. The van der Waals surface area contributed by atoms with Gasteiger partial charge in [-0.25, -0.2) is 33.9 Å². The molecule has 14 rings (SSSR count). The van der Waals surface area contributed by atoms with Crippen molar-refractivity contribution in [1.29, 1.82) is 10.9 Å². The number of carbonyl (C=O) groups excluding carboxylic acids is 2. The van der Waals surface area contributed by atoms with Crippen LogP contribution in [0.3, 0.4) is 0 Å². The molecule has 8 aliphatic heterocycles. The molecular formula is C71H101BClN15NaO33P. The summed E-state index contributed by atoms with van der Waals surface area (Å²) in [4.78, 5) is 150. The number of fused-ring (bicyclic) bond motifs is 3. The number of carbonyl (C=O) groups is 2. The van der Waals surface area contributed by atoms with Crippen molar-refractivity contribution >= 4 is 40.0 Å². The second-order valence-corrected chi connectivity index (χ2v) is 32.5. The number of aliphatic hydroxyl groups is 6. The Morgan fingerprint density at radius 1 is 0.602 bits per heavy atom. The summed E-state index contributed by atoms with van der Waals surface area (Å²) >= 11 is 4.55. The summed E-state index contributed by atoms with van der Waals surface area (Å²) in [5.74, 6) is -3.22. The number of hydrogen-bond acceptors (Lipinski definition) is 35. The number of nitrogens with one attached hydrogen (secondary N) is 7. The number of para-hydroxylation sites is 1. The zero-order chi connectivity index (χ0) is 96.8. The van der Waals surface area contributed by atoms with Gasteiger partial charge in [-0.1, -0.05) is 31.1 Å². The van der Waals surface area contributed by atoms with E-state index in [0.29, 0.717) is 6.29 Å². The number of aliphatic hydroxyl groups excluding tert-OH is 4. The molecule has 13 heterocycles. The van der Waals surface area contributed by atoms with Crippen LogP contribution < -0.4 is 95.4 Å². The van der Waals surface area contributed by atoms with Crippen LogP contribution in [0.15, 0.2) is 155 Å². The Hall–Kier alpha value is -8.42. The quantitative estimate of drug-likeness (QED) is 0.00954. The van der Waals surface area contributed by atoms with Crippen LogP contribution in [0, 0.1) is 5.53 Å². The number of benzene rings is 1. The Morgan fingerprint density at radius 2 is 0.967 bits per heavy atom. The number of H-pyrrole nitrogens is 5. The molecule has 0 bridgehead atoms. The summed E-state index contributed by atoms with van der Waals surface area (Å²) in [5, 5.41) is 67.7. The minimum Gasteiger partial charge on any atom is -0.462 e. The zero-order valence-electron chi connectivity index (χ0n) is 75.8. The van der Waals surface area contributed by atoms with E-state index in [1.807, 2.05) is 9.97 Å². The molecule has 8 saturated heterocycles. The first-order valence-corrected chi connectivity index (χ1v) is 38.6. The first-order valence-electron chi connectivity index (χ1n) is 40.9. The Labute approximate surface area is 734 Å². The predicted molar refractivity (Wildman–Crippen MR) is 422 cm³/mol. The van der Waals surface area contributed by atoms with E-state index in [0.717, 1.165) is 40.6 Å². The average molecular weight is 1800 g/mol. The number of rotatable bonds is 18. The zero-order valence-corrected chi connectivity index (χ0v) is 72.5. The summed E-state index contributed by atoms with van der Waals surface area (Å²) in [5.41, 5.74) is -7.34. The smallest absolute Gasteiger partial charge is 0.462 e. The van der Waals surface area contributed by atoms with E-state index in [4.69, 9.17) is 86.0 Å². The maximum atomic E-state index is 13.7. The molecule has 13 N–H and O–H groups in total. The molecule has 2 unspecified atom stereocenters. The molecule has 52 heteroatoms. The van der Waals surface area contributed by atoms with Gasteiger partial charge < -0.3 is 96.8 Å². The molecule has 0 amide bonds. The van der Waals surface area contributed by atoms with Gasteiger partial charge in [0.15, 0.2) is 54.8 Å². The third-order valence-electron chi connectivity index (χ3n) is 19.5. The molecule has 48 nitrogen and oxygen atoms in total. The molecule has 0 aliphatic carbocycles. The molecule has 8 aliphatic rings. The molecule has 0 radical (unpaired) electrons. The van der Waals surface area contributed by atoms with Crippen molar-refractivity contribution in [3.05, 3.63) is 196 Å². The predicted octanol–water partition coefficient (Wildman–Crippen LogP) is -5.45. The molecule has 24 atom stereocenters. The van der Waals surface area contributed by atoms with E-state index < -0.39 is 241 Å². The fourth-order valence-corrected chi connectivity index (χ4v) is 15.9. The monoisotopic (exact) mass is 1800 g/mol. The first-order chi connectivity index (χ1) is 59.7. The Morgan fingerprint density at radius 3 is 1.33 bits per heavy atom. The van der Waals surface area contributed by atoms with Crippen molar-refractivity contribution < 1.29 is 144 Å². The second-order valence-electron chi connectivity index (χ2n) is 30.7. The van der Waals surface area contributed by atoms with Crippen molar-refractivity contribution in [3.8, 4) is 5.75 Å². The van der Waals surface area contributed by atoms with Gasteiger partial charge in [0.25, 0.3) is 27.8 Å². The van der Waals surface area contributed by atoms with Crippen molar-refractivity contribution in [2.45, 2.75) is 254 Å². The van der Waals surface area contributed by atoms with Crippen LogP contribution in [-0.4, -0.2) is 243 Å². The average Bonchev–Trinajstić information content (AvgIpc) is 1.57. The summed E-state index contributed by atoms with van der Waals surface area (Å²) in [6, 6.07) is 12.4. The molecule has 123 heavy (non-hydrogen) atoms. The van der Waals surface area contributed by atoms with Gasteiger partial charge in [0, 0.05) is 62.7 Å². The maximum Gasteiger partial charge on any atom is 1.00 e.